The molecular weight excluding hydrogens is 195 g/mol. The molecule has 1 heterocycles. The van der Waals surface area contributed by atoms with Crippen LogP contribution in [0.25, 0.3) is 0 Å². The molecule has 3 N–H and O–H groups in total. The van der Waals surface area contributed by atoms with Gasteiger partial charge in [0.05, 0.1) is 4.91 Å². The summed E-state index contributed by atoms with van der Waals surface area (Å²) in [7, 11) is -3.57. The fourth-order valence-corrected chi connectivity index (χ4v) is 1.45. The minimum absolute atomic E-state index is 0. The summed E-state index contributed by atoms with van der Waals surface area (Å²) in [4.78, 5) is 10.4. The molecule has 0 unspecified atom stereocenters. The second-order valence-corrected chi connectivity index (χ2v) is 3.73. The maximum atomic E-state index is 10.7. The summed E-state index contributed by atoms with van der Waals surface area (Å²) in [5, 5.41) is 0. The molecule has 1 rings (SSSR count). The van der Waals surface area contributed by atoms with Crippen molar-refractivity contribution >= 4 is 67.3 Å². The quantitative estimate of drug-likeness (QED) is 0.455. The number of hydrogen-bond donors (Lipinski definition) is 2. The van der Waals surface area contributed by atoms with Crippen LogP contribution in [0.3, 0.4) is 0 Å². The van der Waals surface area contributed by atoms with E-state index in [2.05, 4.69) is 0 Å². The van der Waals surface area contributed by atoms with Crippen LogP contribution < -0.4 is 10.5 Å². The molecule has 0 aromatic heterocycles. The molecule has 0 aromatic rings. The third kappa shape index (κ3) is 2.04. The smallest absolute Gasteiger partial charge is 0.281 e. The van der Waals surface area contributed by atoms with E-state index in [1.165, 1.54) is 6.92 Å². The molecular formula is C4H6KN2O3S. The van der Waals surface area contributed by atoms with E-state index in [1.807, 2.05) is 0 Å². The predicted octanol–water partition coefficient (Wildman–Crippen LogP) is -1.74. The van der Waals surface area contributed by atoms with Gasteiger partial charge in [0, 0.05) is 51.4 Å². The normalized spacial score (nSPS) is 21.0. The molecule has 0 saturated heterocycles. The monoisotopic (exact) mass is 201 g/mol. The molecule has 1 radical (unpaired) electrons. The number of nitrogens with two attached hydrogens (primary N) is 1. The van der Waals surface area contributed by atoms with Gasteiger partial charge in [-0.25, -0.2) is 13.1 Å². The van der Waals surface area contributed by atoms with Crippen molar-refractivity contribution in [1.82, 2.24) is 4.72 Å². The summed E-state index contributed by atoms with van der Waals surface area (Å²) in [5.74, 6) is -0.738. The Bertz CT molecular complexity index is 318. The summed E-state index contributed by atoms with van der Waals surface area (Å²) < 4.78 is 23.2. The summed E-state index contributed by atoms with van der Waals surface area (Å²) in [5.41, 5.74) is 4.86. The summed E-state index contributed by atoms with van der Waals surface area (Å²) in [6.07, 6.45) is 0. The van der Waals surface area contributed by atoms with Gasteiger partial charge in [-0.1, -0.05) is 0 Å². The molecule has 7 heteroatoms. The van der Waals surface area contributed by atoms with Crippen molar-refractivity contribution in [3.63, 3.8) is 0 Å². The zero-order valence-corrected chi connectivity index (χ0v) is 10.1. The van der Waals surface area contributed by atoms with Gasteiger partial charge in [0.1, 0.15) is 5.70 Å². The molecule has 0 spiro atoms. The number of rotatable bonds is 0. The largest absolute Gasteiger partial charge is 0.393 e. The molecule has 11 heavy (non-hydrogen) atoms. The number of nitrogens with one attached hydrogen (secondary N) is 1. The van der Waals surface area contributed by atoms with Crippen LogP contribution in [-0.2, 0) is 14.8 Å². The van der Waals surface area contributed by atoms with Crippen molar-refractivity contribution in [2.24, 2.45) is 5.73 Å². The molecule has 0 atom stereocenters. The van der Waals surface area contributed by atoms with Crippen LogP contribution >= 0.6 is 0 Å². The first kappa shape index (κ1) is 11.6. The van der Waals surface area contributed by atoms with Gasteiger partial charge in [0.25, 0.3) is 15.9 Å². The molecule has 1 amide bonds. The Hall–Kier alpha value is 0.596. The van der Waals surface area contributed by atoms with Gasteiger partial charge in [-0.2, -0.15) is 0 Å². The van der Waals surface area contributed by atoms with Crippen molar-refractivity contribution < 1.29 is 13.2 Å². The van der Waals surface area contributed by atoms with Crippen LogP contribution in [0.5, 0.6) is 0 Å². The van der Waals surface area contributed by atoms with E-state index in [9.17, 15) is 13.2 Å². The number of amides is 1. The molecule has 0 aromatic carbocycles. The minimum atomic E-state index is -3.57. The van der Waals surface area contributed by atoms with Crippen molar-refractivity contribution in [2.45, 2.75) is 6.92 Å². The molecule has 0 fully saturated rings. The maximum absolute atomic E-state index is 10.7. The Balaban J connectivity index is 0.000001000. The molecule has 57 valence electrons. The first-order valence-electron chi connectivity index (χ1n) is 2.48. The van der Waals surface area contributed by atoms with Crippen LogP contribution in [0.4, 0.5) is 0 Å². The van der Waals surface area contributed by atoms with Crippen molar-refractivity contribution in [1.29, 1.82) is 0 Å². The average molecular weight is 201 g/mol. The third-order valence-corrected chi connectivity index (χ3v) is 2.73. The third-order valence-electron chi connectivity index (χ3n) is 1.25. The van der Waals surface area contributed by atoms with Gasteiger partial charge in [-0.05, 0) is 6.92 Å². The van der Waals surface area contributed by atoms with E-state index in [0.717, 1.165) is 0 Å². The van der Waals surface area contributed by atoms with Gasteiger partial charge in [0.15, 0.2) is 0 Å². The molecule has 0 saturated carbocycles. The standard InChI is InChI=1S/C4H6N2O3S.K/c1-2-3(5)4(7)6-10(2,8)9;/h5H2,1H3,(H,6,7);. The number of carbonyl (C=O) groups excluding carboxylic acids is 1. The second kappa shape index (κ2) is 3.54. The number of allylic oxidation sites excluding steroid dienone is 1. The van der Waals surface area contributed by atoms with E-state index in [4.69, 9.17) is 5.73 Å². The van der Waals surface area contributed by atoms with Crippen LogP contribution in [0.1, 0.15) is 6.92 Å². The Labute approximate surface area is 107 Å². The zero-order valence-electron chi connectivity index (χ0n) is 6.21. The average Bonchev–Trinajstić information content (AvgIpc) is 1.95. The Morgan fingerprint density at radius 1 is 1.45 bits per heavy atom. The van der Waals surface area contributed by atoms with E-state index >= 15 is 0 Å². The van der Waals surface area contributed by atoms with E-state index < -0.39 is 15.9 Å². The Morgan fingerprint density at radius 2 is 1.91 bits per heavy atom. The van der Waals surface area contributed by atoms with Crippen LogP contribution in [0, 0.1) is 0 Å². The molecule has 0 bridgehead atoms. The van der Waals surface area contributed by atoms with Crippen molar-refractivity contribution in [3.05, 3.63) is 10.6 Å². The molecule has 0 aliphatic carbocycles. The Kier molecular flexibility index (Phi) is 3.73. The first-order valence-corrected chi connectivity index (χ1v) is 3.97. The number of hydrogen-bond acceptors (Lipinski definition) is 4. The SMILES string of the molecule is CC1=C(N)C(=O)NS1(=O)=O.[K]. The van der Waals surface area contributed by atoms with Crippen molar-refractivity contribution in [2.75, 3.05) is 0 Å². The van der Waals surface area contributed by atoms with Gasteiger partial charge in [-0.15, -0.1) is 0 Å². The topological polar surface area (TPSA) is 89.3 Å². The predicted molar refractivity (Wildman–Crippen MR) is 39.7 cm³/mol. The zero-order chi connectivity index (χ0) is 7.94. The van der Waals surface area contributed by atoms with Crippen molar-refractivity contribution in [3.8, 4) is 0 Å². The molecule has 1 aliphatic heterocycles. The van der Waals surface area contributed by atoms with Gasteiger partial charge >= 0.3 is 0 Å². The fourth-order valence-electron chi connectivity index (χ4n) is 0.558. The second-order valence-electron chi connectivity index (χ2n) is 1.90. The summed E-state index contributed by atoms with van der Waals surface area (Å²) in [6, 6.07) is 0. The first-order chi connectivity index (χ1) is 4.45. The van der Waals surface area contributed by atoms with Crippen LogP contribution in [0.2, 0.25) is 0 Å². The van der Waals surface area contributed by atoms with E-state index in [1.54, 1.807) is 4.72 Å². The summed E-state index contributed by atoms with van der Waals surface area (Å²) in [6.45, 7) is 1.28. The van der Waals surface area contributed by atoms with E-state index in [-0.39, 0.29) is 62.0 Å². The Morgan fingerprint density at radius 3 is 2.00 bits per heavy atom. The molecule has 1 aliphatic rings. The number of carbonyl (C=O) groups is 1. The van der Waals surface area contributed by atoms with Gasteiger partial charge < -0.3 is 5.73 Å². The minimum Gasteiger partial charge on any atom is -0.393 e. The van der Waals surface area contributed by atoms with Crippen LogP contribution in [-0.4, -0.2) is 65.7 Å². The van der Waals surface area contributed by atoms with Gasteiger partial charge in [-0.3, -0.25) is 4.79 Å². The molecule has 5 nitrogen and oxygen atoms in total. The summed E-state index contributed by atoms with van der Waals surface area (Å²) >= 11 is 0. The van der Waals surface area contributed by atoms with Gasteiger partial charge in [0.2, 0.25) is 0 Å². The fraction of sp³-hybridized carbons (Fsp3) is 0.250. The maximum Gasteiger partial charge on any atom is 0.281 e. The van der Waals surface area contributed by atoms with E-state index in [0.29, 0.717) is 0 Å². The van der Waals surface area contributed by atoms with Crippen LogP contribution in [0.15, 0.2) is 10.6 Å². The number of sulfonamides is 1.